The van der Waals surface area contributed by atoms with Crippen molar-refractivity contribution in [2.45, 2.75) is 37.2 Å². The summed E-state index contributed by atoms with van der Waals surface area (Å²) in [4.78, 5) is 27.2. The lowest BCUT2D eigenvalue weighted by atomic mass is 9.70. The fourth-order valence-corrected chi connectivity index (χ4v) is 6.04. The second-order valence-electron chi connectivity index (χ2n) is 8.10. The van der Waals surface area contributed by atoms with E-state index in [2.05, 4.69) is 6.07 Å². The van der Waals surface area contributed by atoms with Crippen molar-refractivity contribution in [2.75, 3.05) is 11.5 Å². The number of amides is 1. The Morgan fingerprint density at radius 3 is 3.04 bits per heavy atom. The molecule has 6 nitrogen and oxygen atoms in total. The summed E-state index contributed by atoms with van der Waals surface area (Å²) < 4.78 is 12.3. The van der Waals surface area contributed by atoms with E-state index >= 15 is 0 Å². The number of rotatable bonds is 1. The van der Waals surface area contributed by atoms with Crippen molar-refractivity contribution in [2.24, 2.45) is 17.8 Å². The van der Waals surface area contributed by atoms with Crippen LogP contribution in [-0.4, -0.2) is 41.3 Å². The van der Waals surface area contributed by atoms with Gasteiger partial charge in [-0.3, -0.25) is 9.59 Å². The number of carbonyl (C=O) groups is 2. The minimum atomic E-state index is -0.956. The van der Waals surface area contributed by atoms with Crippen molar-refractivity contribution in [3.8, 4) is 0 Å². The zero-order valence-corrected chi connectivity index (χ0v) is 14.3. The Balaban J connectivity index is 1.59. The number of aliphatic carboxylic acids is 1. The summed E-state index contributed by atoms with van der Waals surface area (Å²) in [7, 11) is 0. The van der Waals surface area contributed by atoms with Gasteiger partial charge in [-0.05, 0) is 19.4 Å². The van der Waals surface area contributed by atoms with Gasteiger partial charge in [0.25, 0.3) is 0 Å². The number of carboxylic acids is 1. The lowest BCUT2D eigenvalue weighted by Gasteiger charge is -2.44. The minimum absolute atomic E-state index is 0.0630. The third kappa shape index (κ3) is 1.48. The van der Waals surface area contributed by atoms with Gasteiger partial charge < -0.3 is 19.5 Å². The zero-order chi connectivity index (χ0) is 17.8. The predicted octanol–water partition coefficient (Wildman–Crippen LogP) is 1.83. The fraction of sp³-hybridized carbons (Fsp3) is 0.500. The van der Waals surface area contributed by atoms with Crippen molar-refractivity contribution in [1.29, 1.82) is 0 Å². The van der Waals surface area contributed by atoms with E-state index in [4.69, 9.17) is 9.47 Å². The van der Waals surface area contributed by atoms with Gasteiger partial charge in [0.05, 0.1) is 24.2 Å². The van der Waals surface area contributed by atoms with Crippen LogP contribution in [0.25, 0.3) is 0 Å². The lowest BCUT2D eigenvalue weighted by molar-refractivity contribution is -0.146. The first-order valence-electron chi connectivity index (χ1n) is 9.18. The Morgan fingerprint density at radius 1 is 1.38 bits per heavy atom. The summed E-state index contributed by atoms with van der Waals surface area (Å²) in [6.45, 7) is 2.68. The highest BCUT2D eigenvalue weighted by atomic mass is 16.5. The molecule has 5 aliphatic heterocycles. The molecule has 0 aliphatic carbocycles. The maximum absolute atomic E-state index is 13.5. The Morgan fingerprint density at radius 2 is 2.23 bits per heavy atom. The van der Waals surface area contributed by atoms with E-state index in [-0.39, 0.29) is 24.0 Å². The number of benzene rings is 1. The predicted molar refractivity (Wildman–Crippen MR) is 90.6 cm³/mol. The van der Waals surface area contributed by atoms with Crippen LogP contribution >= 0.6 is 0 Å². The number of aryl methyl sites for hydroxylation is 1. The van der Waals surface area contributed by atoms with E-state index in [1.54, 1.807) is 0 Å². The van der Waals surface area contributed by atoms with Crippen LogP contribution in [0.2, 0.25) is 0 Å². The molecular formula is C20H19NO5. The largest absolute Gasteiger partial charge is 0.481 e. The van der Waals surface area contributed by atoms with Gasteiger partial charge >= 0.3 is 5.97 Å². The van der Waals surface area contributed by atoms with Gasteiger partial charge in [0.2, 0.25) is 5.91 Å². The first-order chi connectivity index (χ1) is 12.5. The molecule has 6 heteroatoms. The summed E-state index contributed by atoms with van der Waals surface area (Å²) in [5.74, 6) is -2.43. The molecule has 5 aliphatic rings. The van der Waals surface area contributed by atoms with Gasteiger partial charge in [0.1, 0.15) is 11.5 Å². The van der Waals surface area contributed by atoms with Crippen LogP contribution in [-0.2, 0) is 19.1 Å². The van der Waals surface area contributed by atoms with Crippen molar-refractivity contribution < 1.29 is 24.2 Å². The molecule has 1 aromatic rings. The molecule has 0 radical (unpaired) electrons. The second-order valence-corrected chi connectivity index (χ2v) is 8.10. The average Bonchev–Trinajstić information content (AvgIpc) is 3.35. The molecule has 1 N–H and O–H groups in total. The second kappa shape index (κ2) is 4.56. The topological polar surface area (TPSA) is 76.1 Å². The zero-order valence-electron chi connectivity index (χ0n) is 14.3. The van der Waals surface area contributed by atoms with Gasteiger partial charge in [-0.1, -0.05) is 29.8 Å². The normalized spacial score (nSPS) is 44.0. The summed E-state index contributed by atoms with van der Waals surface area (Å²) in [5.41, 5.74) is 2.17. The maximum atomic E-state index is 13.5. The van der Waals surface area contributed by atoms with E-state index < -0.39 is 29.5 Å². The molecule has 6 rings (SSSR count). The molecule has 1 aromatic carbocycles. The monoisotopic (exact) mass is 353 g/mol. The van der Waals surface area contributed by atoms with Crippen LogP contribution in [0.4, 0.5) is 5.69 Å². The fourth-order valence-electron chi connectivity index (χ4n) is 6.04. The van der Waals surface area contributed by atoms with Crippen molar-refractivity contribution >= 4 is 17.6 Å². The standard InChI is InChI=1S/C20H19NO5/c1-9-2-3-12-11(8-9)16-10(5-7-25-16)17-20-6-4-13(26-20)14(19(23)24)15(20)18(22)21(12)17/h2-4,6,8,10,13-17H,5,7H2,1H3,(H,23,24)/t10-,13+,14+,15-,16+,17+,20+/m1/s1. The molecule has 7 atom stereocenters. The molecule has 0 saturated carbocycles. The highest BCUT2D eigenvalue weighted by Crippen LogP contribution is 2.62. The molecule has 5 heterocycles. The van der Waals surface area contributed by atoms with E-state index in [9.17, 15) is 14.7 Å². The van der Waals surface area contributed by atoms with Crippen LogP contribution in [0.15, 0.2) is 30.4 Å². The van der Waals surface area contributed by atoms with Crippen molar-refractivity contribution in [3.63, 3.8) is 0 Å². The Bertz CT molecular complexity index is 894. The van der Waals surface area contributed by atoms with Crippen LogP contribution in [0.1, 0.15) is 23.7 Å². The molecule has 0 aromatic heterocycles. The number of hydrogen-bond donors (Lipinski definition) is 1. The van der Waals surface area contributed by atoms with Crippen molar-refractivity contribution in [3.05, 3.63) is 41.5 Å². The number of nitrogens with zero attached hydrogens (tertiary/aromatic N) is 1. The van der Waals surface area contributed by atoms with Crippen molar-refractivity contribution in [1.82, 2.24) is 0 Å². The summed E-state index contributed by atoms with van der Waals surface area (Å²) >= 11 is 0. The Kier molecular flexibility index (Phi) is 2.62. The molecule has 26 heavy (non-hydrogen) atoms. The number of ether oxygens (including phenoxy) is 2. The number of anilines is 1. The maximum Gasteiger partial charge on any atom is 0.310 e. The quantitative estimate of drug-likeness (QED) is 0.780. The van der Waals surface area contributed by atoms with E-state index in [1.807, 2.05) is 36.1 Å². The van der Waals surface area contributed by atoms with Crippen LogP contribution in [0, 0.1) is 24.7 Å². The summed E-state index contributed by atoms with van der Waals surface area (Å²) in [6, 6.07) is 5.86. The van der Waals surface area contributed by atoms with E-state index in [0.29, 0.717) is 6.61 Å². The molecule has 3 saturated heterocycles. The van der Waals surface area contributed by atoms with Crippen LogP contribution in [0.3, 0.4) is 0 Å². The van der Waals surface area contributed by atoms with Gasteiger partial charge in [-0.2, -0.15) is 0 Å². The average molecular weight is 353 g/mol. The smallest absolute Gasteiger partial charge is 0.310 e. The molecule has 0 unspecified atom stereocenters. The summed E-state index contributed by atoms with van der Waals surface area (Å²) in [6.07, 6.45) is 4.07. The number of carboxylic acid groups (broad SMARTS) is 1. The third-order valence-electron chi connectivity index (χ3n) is 6.91. The minimum Gasteiger partial charge on any atom is -0.481 e. The molecule has 1 amide bonds. The first-order valence-corrected chi connectivity index (χ1v) is 9.18. The van der Waals surface area contributed by atoms with Gasteiger partial charge in [0.15, 0.2) is 0 Å². The molecule has 1 spiro atoms. The highest BCUT2D eigenvalue weighted by molar-refractivity contribution is 6.04. The number of carbonyl (C=O) groups excluding carboxylic acids is 1. The number of hydrogen-bond acceptors (Lipinski definition) is 4. The van der Waals surface area contributed by atoms with Crippen LogP contribution < -0.4 is 4.90 Å². The Hall–Kier alpha value is -2.18. The number of fused-ring (bicyclic) bond motifs is 7. The van der Waals surface area contributed by atoms with Crippen LogP contribution in [0.5, 0.6) is 0 Å². The lowest BCUT2D eigenvalue weighted by Crippen LogP contribution is -2.53. The van der Waals surface area contributed by atoms with Gasteiger partial charge in [-0.15, -0.1) is 0 Å². The first kappa shape index (κ1) is 14.9. The Labute approximate surface area is 150 Å². The summed E-state index contributed by atoms with van der Waals surface area (Å²) in [5, 5.41) is 9.74. The van der Waals surface area contributed by atoms with E-state index in [0.717, 1.165) is 23.2 Å². The van der Waals surface area contributed by atoms with Gasteiger partial charge in [-0.25, -0.2) is 0 Å². The third-order valence-corrected chi connectivity index (χ3v) is 6.91. The molecule has 3 fully saturated rings. The molecule has 2 bridgehead atoms. The van der Waals surface area contributed by atoms with Gasteiger partial charge in [0, 0.05) is 23.8 Å². The molecule has 134 valence electrons. The van der Waals surface area contributed by atoms with E-state index in [1.165, 1.54) is 0 Å². The molecular weight excluding hydrogens is 334 g/mol. The SMILES string of the molecule is Cc1ccc2c(c1)[C@H]1OCC[C@H]1[C@@H]1N2C(=O)[C@H]2[C@@H](C(=O)O)[C@@H]3C=C[C@@]12O3. The highest BCUT2D eigenvalue weighted by Gasteiger charge is 2.74.